The molecule has 0 bridgehead atoms. The van der Waals surface area contributed by atoms with Crippen LogP contribution in [0, 0.1) is 0 Å². The van der Waals surface area contributed by atoms with Crippen LogP contribution >= 0.6 is 0 Å². The lowest BCUT2D eigenvalue weighted by Crippen LogP contribution is -2.20. The summed E-state index contributed by atoms with van der Waals surface area (Å²) < 4.78 is 15.0. The summed E-state index contributed by atoms with van der Waals surface area (Å²) in [5.41, 5.74) is 1.43. The van der Waals surface area contributed by atoms with E-state index in [0.29, 0.717) is 16.8 Å². The minimum absolute atomic E-state index is 0.0151. The molecule has 0 aliphatic carbocycles. The average molecular weight is 413 g/mol. The Kier molecular flexibility index (Phi) is 7.99. The molecule has 0 aliphatic heterocycles. The lowest BCUT2D eigenvalue weighted by molar-refractivity contribution is -0.142. The second kappa shape index (κ2) is 10.7. The summed E-state index contributed by atoms with van der Waals surface area (Å²) in [5.74, 6) is -1.42. The fourth-order valence-electron chi connectivity index (χ4n) is 2.32. The van der Waals surface area contributed by atoms with Crippen LogP contribution in [0.5, 0.6) is 11.5 Å². The van der Waals surface area contributed by atoms with Gasteiger partial charge in [-0.25, -0.2) is 9.59 Å². The number of aromatic hydroxyl groups is 1. The van der Waals surface area contributed by atoms with Crippen molar-refractivity contribution in [3.05, 3.63) is 59.7 Å². The highest BCUT2D eigenvalue weighted by Gasteiger charge is 2.10. The van der Waals surface area contributed by atoms with Crippen molar-refractivity contribution in [2.75, 3.05) is 19.0 Å². The smallest absolute Gasteiger partial charge is 0.338 e. The predicted octanol–water partition coefficient (Wildman–Crippen LogP) is 3.16. The van der Waals surface area contributed by atoms with Crippen molar-refractivity contribution in [3.8, 4) is 11.5 Å². The van der Waals surface area contributed by atoms with Gasteiger partial charge in [0.25, 0.3) is 5.91 Å². The van der Waals surface area contributed by atoms with Gasteiger partial charge in [0.2, 0.25) is 0 Å². The number of carbonyl (C=O) groups is 3. The second-order valence-electron chi connectivity index (χ2n) is 6.45. The molecule has 0 unspecified atom stereocenters. The average Bonchev–Trinajstić information content (AvgIpc) is 2.71. The Morgan fingerprint density at radius 3 is 2.43 bits per heavy atom. The van der Waals surface area contributed by atoms with Crippen molar-refractivity contribution in [1.29, 1.82) is 0 Å². The molecule has 0 spiro atoms. The van der Waals surface area contributed by atoms with Crippen molar-refractivity contribution in [1.82, 2.24) is 0 Å². The van der Waals surface area contributed by atoms with Gasteiger partial charge in [0.15, 0.2) is 18.1 Å². The van der Waals surface area contributed by atoms with E-state index in [2.05, 4.69) is 5.32 Å². The molecule has 2 aromatic carbocycles. The molecule has 2 aromatic rings. The molecule has 0 saturated carbocycles. The third-order valence-electron chi connectivity index (χ3n) is 3.71. The summed E-state index contributed by atoms with van der Waals surface area (Å²) in [7, 11) is 1.42. The minimum Gasteiger partial charge on any atom is -0.504 e. The van der Waals surface area contributed by atoms with Crippen LogP contribution in [0.15, 0.2) is 48.5 Å². The van der Waals surface area contributed by atoms with Crippen LogP contribution in [0.25, 0.3) is 6.08 Å². The molecule has 0 aliphatic rings. The molecule has 8 heteroatoms. The fraction of sp³-hybridized carbons (Fsp3) is 0.227. The first-order valence-corrected chi connectivity index (χ1v) is 9.11. The second-order valence-corrected chi connectivity index (χ2v) is 6.45. The van der Waals surface area contributed by atoms with Crippen LogP contribution < -0.4 is 10.1 Å². The molecule has 2 N–H and O–H groups in total. The van der Waals surface area contributed by atoms with E-state index in [4.69, 9.17) is 14.2 Å². The van der Waals surface area contributed by atoms with Crippen LogP contribution in [-0.2, 0) is 19.1 Å². The number of methoxy groups -OCH3 is 1. The standard InChI is InChI=1S/C22H23NO7/c1-14(2)30-22(27)16-6-8-17(9-7-16)23-20(25)13-29-21(26)11-5-15-4-10-18(24)19(12-15)28-3/h4-12,14,24H,13H2,1-3H3,(H,23,25)/b11-5+. The number of esters is 2. The highest BCUT2D eigenvalue weighted by Crippen LogP contribution is 2.26. The van der Waals surface area contributed by atoms with Gasteiger partial charge in [-0.05, 0) is 61.9 Å². The summed E-state index contributed by atoms with van der Waals surface area (Å²) in [5, 5.41) is 12.1. The van der Waals surface area contributed by atoms with E-state index in [1.54, 1.807) is 38.1 Å². The number of rotatable bonds is 8. The SMILES string of the molecule is COc1cc(/C=C/C(=O)OCC(=O)Nc2ccc(C(=O)OC(C)C)cc2)ccc1O. The quantitative estimate of drug-likeness (QED) is 0.505. The van der Waals surface area contributed by atoms with Crippen molar-refractivity contribution in [2.24, 2.45) is 0 Å². The first-order valence-electron chi connectivity index (χ1n) is 9.11. The Morgan fingerprint density at radius 1 is 1.10 bits per heavy atom. The molecule has 0 saturated heterocycles. The summed E-state index contributed by atoms with van der Waals surface area (Å²) in [6, 6.07) is 10.7. The molecule has 2 rings (SSSR count). The van der Waals surface area contributed by atoms with Crippen molar-refractivity contribution in [3.63, 3.8) is 0 Å². The number of benzene rings is 2. The van der Waals surface area contributed by atoms with Gasteiger partial charge >= 0.3 is 11.9 Å². The van der Waals surface area contributed by atoms with E-state index in [0.717, 1.165) is 6.08 Å². The van der Waals surface area contributed by atoms with Gasteiger partial charge in [-0.2, -0.15) is 0 Å². The van der Waals surface area contributed by atoms with E-state index in [1.807, 2.05) is 0 Å². The minimum atomic E-state index is -0.705. The van der Waals surface area contributed by atoms with Crippen LogP contribution in [0.4, 0.5) is 5.69 Å². The Balaban J connectivity index is 1.82. The molecule has 0 aromatic heterocycles. The first kappa shape index (κ1) is 22.5. The number of hydrogen-bond acceptors (Lipinski definition) is 7. The Bertz CT molecular complexity index is 933. The van der Waals surface area contributed by atoms with E-state index in [1.165, 1.54) is 31.4 Å². The fourth-order valence-corrected chi connectivity index (χ4v) is 2.32. The number of hydrogen-bond donors (Lipinski definition) is 2. The molecular weight excluding hydrogens is 390 g/mol. The van der Waals surface area contributed by atoms with Crippen molar-refractivity contribution < 1.29 is 33.7 Å². The molecular formula is C22H23NO7. The van der Waals surface area contributed by atoms with E-state index in [-0.39, 0.29) is 17.6 Å². The predicted molar refractivity (Wildman–Crippen MR) is 110 cm³/mol. The number of anilines is 1. The highest BCUT2D eigenvalue weighted by atomic mass is 16.5. The maximum atomic E-state index is 11.9. The monoisotopic (exact) mass is 413 g/mol. The summed E-state index contributed by atoms with van der Waals surface area (Å²) in [4.78, 5) is 35.5. The lowest BCUT2D eigenvalue weighted by atomic mass is 10.2. The number of phenolic OH excluding ortho intramolecular Hbond substituents is 1. The highest BCUT2D eigenvalue weighted by molar-refractivity contribution is 5.95. The number of nitrogens with one attached hydrogen (secondary N) is 1. The maximum absolute atomic E-state index is 11.9. The third kappa shape index (κ3) is 6.97. The van der Waals surface area contributed by atoms with E-state index in [9.17, 15) is 19.5 Å². The Hall–Kier alpha value is -3.81. The molecule has 1 amide bonds. The number of ether oxygens (including phenoxy) is 3. The molecule has 8 nitrogen and oxygen atoms in total. The molecule has 30 heavy (non-hydrogen) atoms. The summed E-state index contributed by atoms with van der Waals surface area (Å²) in [6.07, 6.45) is 2.41. The lowest BCUT2D eigenvalue weighted by Gasteiger charge is -2.09. The van der Waals surface area contributed by atoms with Gasteiger partial charge in [0.1, 0.15) is 0 Å². The summed E-state index contributed by atoms with van der Waals surface area (Å²) >= 11 is 0. The third-order valence-corrected chi connectivity index (χ3v) is 3.71. The molecule has 158 valence electrons. The van der Waals surface area contributed by atoms with Crippen molar-refractivity contribution in [2.45, 2.75) is 20.0 Å². The number of carbonyl (C=O) groups excluding carboxylic acids is 3. The zero-order chi connectivity index (χ0) is 22.1. The topological polar surface area (TPSA) is 111 Å². The Morgan fingerprint density at radius 2 is 1.80 bits per heavy atom. The zero-order valence-electron chi connectivity index (χ0n) is 16.9. The number of phenols is 1. The molecule has 0 heterocycles. The van der Waals surface area contributed by atoms with Crippen LogP contribution in [0.1, 0.15) is 29.8 Å². The van der Waals surface area contributed by atoms with E-state index >= 15 is 0 Å². The molecule has 0 atom stereocenters. The largest absolute Gasteiger partial charge is 0.504 e. The maximum Gasteiger partial charge on any atom is 0.338 e. The molecule has 0 radical (unpaired) electrons. The van der Waals surface area contributed by atoms with E-state index < -0.39 is 24.5 Å². The van der Waals surface area contributed by atoms with Gasteiger partial charge in [-0.15, -0.1) is 0 Å². The van der Waals surface area contributed by atoms with Crippen LogP contribution in [-0.4, -0.2) is 42.8 Å². The van der Waals surface area contributed by atoms with Crippen molar-refractivity contribution >= 4 is 29.6 Å². The van der Waals surface area contributed by atoms with Crippen LogP contribution in [0.3, 0.4) is 0 Å². The van der Waals surface area contributed by atoms with Gasteiger partial charge < -0.3 is 24.6 Å². The normalized spacial score (nSPS) is 10.7. The molecule has 0 fully saturated rings. The van der Waals surface area contributed by atoms with Gasteiger partial charge in [0.05, 0.1) is 18.8 Å². The van der Waals surface area contributed by atoms with Gasteiger partial charge in [-0.1, -0.05) is 6.07 Å². The number of amides is 1. The van der Waals surface area contributed by atoms with Gasteiger partial charge in [-0.3, -0.25) is 4.79 Å². The summed E-state index contributed by atoms with van der Waals surface area (Å²) in [6.45, 7) is 3.04. The van der Waals surface area contributed by atoms with Crippen LogP contribution in [0.2, 0.25) is 0 Å². The zero-order valence-corrected chi connectivity index (χ0v) is 16.9. The first-order chi connectivity index (χ1) is 14.3. The Labute approximate surface area is 174 Å². The van der Waals surface area contributed by atoms with Gasteiger partial charge in [0, 0.05) is 11.8 Å².